The van der Waals surface area contributed by atoms with Crippen molar-refractivity contribution >= 4 is 22.7 Å². The molecular weight excluding hydrogens is 258 g/mol. The molecular formula is C12H18N7O+. The fourth-order valence-electron chi connectivity index (χ4n) is 2.18. The number of nitrogens with one attached hydrogen (secondary N) is 1. The summed E-state index contributed by atoms with van der Waals surface area (Å²) in [7, 11) is 1.62. The quantitative estimate of drug-likeness (QED) is 0.470. The van der Waals surface area contributed by atoms with Crippen molar-refractivity contribution in [2.24, 2.45) is 16.6 Å². The second kappa shape index (κ2) is 5.53. The van der Waals surface area contributed by atoms with Gasteiger partial charge in [0.1, 0.15) is 5.52 Å². The van der Waals surface area contributed by atoms with E-state index in [1.54, 1.807) is 17.3 Å². The number of benzene rings is 1. The largest absolute Gasteiger partial charge is 0.354 e. The SMILES string of the molecule is CO[NH2+]c1ccc2c(c1)nnn2C1=NCC(CN)CN1. The van der Waals surface area contributed by atoms with Crippen LogP contribution in [0.5, 0.6) is 0 Å². The average molecular weight is 276 g/mol. The Morgan fingerprint density at radius 3 is 3.15 bits per heavy atom. The molecule has 1 atom stereocenters. The number of nitrogens with zero attached hydrogens (tertiary/aromatic N) is 4. The molecule has 8 nitrogen and oxygen atoms in total. The number of rotatable bonds is 3. The predicted molar refractivity (Wildman–Crippen MR) is 74.4 cm³/mol. The van der Waals surface area contributed by atoms with Crippen LogP contribution in [0.1, 0.15) is 0 Å². The third-order valence-electron chi connectivity index (χ3n) is 3.31. The molecule has 5 N–H and O–H groups in total. The van der Waals surface area contributed by atoms with Gasteiger partial charge in [0.25, 0.3) is 0 Å². The van der Waals surface area contributed by atoms with Crippen LogP contribution in [-0.2, 0) is 4.84 Å². The Bertz CT molecular complexity index is 636. The highest BCUT2D eigenvalue weighted by Crippen LogP contribution is 2.14. The highest BCUT2D eigenvalue weighted by atomic mass is 16.6. The first kappa shape index (κ1) is 13.0. The normalized spacial score (nSPS) is 18.9. The van der Waals surface area contributed by atoms with Gasteiger partial charge in [0.15, 0.2) is 5.69 Å². The number of aromatic nitrogens is 3. The van der Waals surface area contributed by atoms with Crippen LogP contribution in [0.2, 0.25) is 0 Å². The van der Waals surface area contributed by atoms with Gasteiger partial charge in [-0.25, -0.2) is 4.84 Å². The third-order valence-corrected chi connectivity index (χ3v) is 3.31. The van der Waals surface area contributed by atoms with E-state index in [0.29, 0.717) is 12.5 Å². The molecule has 0 amide bonds. The monoisotopic (exact) mass is 276 g/mol. The lowest BCUT2D eigenvalue weighted by Crippen LogP contribution is -2.75. The van der Waals surface area contributed by atoms with Gasteiger partial charge in [-0.3, -0.25) is 4.99 Å². The molecule has 106 valence electrons. The average Bonchev–Trinajstić information content (AvgIpc) is 2.91. The van der Waals surface area contributed by atoms with Gasteiger partial charge < -0.3 is 11.1 Å². The molecule has 0 fully saturated rings. The summed E-state index contributed by atoms with van der Waals surface area (Å²) in [6, 6.07) is 5.84. The van der Waals surface area contributed by atoms with Crippen LogP contribution in [0.4, 0.5) is 5.69 Å². The summed E-state index contributed by atoms with van der Waals surface area (Å²) in [4.78, 5) is 9.48. The summed E-state index contributed by atoms with van der Waals surface area (Å²) in [6.45, 7) is 2.17. The molecule has 8 heteroatoms. The smallest absolute Gasteiger partial charge is 0.221 e. The fourth-order valence-corrected chi connectivity index (χ4v) is 2.18. The van der Waals surface area contributed by atoms with E-state index in [1.165, 1.54) is 0 Å². The van der Waals surface area contributed by atoms with Gasteiger partial charge in [-0.1, -0.05) is 5.21 Å². The molecule has 2 aromatic rings. The Hall–Kier alpha value is -2.03. The minimum atomic E-state index is 0.386. The molecule has 0 saturated heterocycles. The minimum absolute atomic E-state index is 0.386. The van der Waals surface area contributed by atoms with Gasteiger partial charge >= 0.3 is 0 Å². The van der Waals surface area contributed by atoms with E-state index in [9.17, 15) is 0 Å². The number of aliphatic imine (C=N–C) groups is 1. The van der Waals surface area contributed by atoms with Crippen molar-refractivity contribution in [2.45, 2.75) is 0 Å². The second-order valence-electron chi connectivity index (χ2n) is 4.75. The van der Waals surface area contributed by atoms with Crippen molar-refractivity contribution < 1.29 is 10.3 Å². The summed E-state index contributed by atoms with van der Waals surface area (Å²) in [5, 5.41) is 11.6. The van der Waals surface area contributed by atoms with Crippen LogP contribution in [0, 0.1) is 5.92 Å². The molecule has 20 heavy (non-hydrogen) atoms. The molecule has 2 heterocycles. The Labute approximate surface area is 115 Å². The summed E-state index contributed by atoms with van der Waals surface area (Å²) in [5.74, 6) is 1.11. The summed E-state index contributed by atoms with van der Waals surface area (Å²) < 4.78 is 1.72. The summed E-state index contributed by atoms with van der Waals surface area (Å²) >= 11 is 0. The van der Waals surface area contributed by atoms with E-state index >= 15 is 0 Å². The van der Waals surface area contributed by atoms with E-state index < -0.39 is 0 Å². The zero-order valence-corrected chi connectivity index (χ0v) is 11.3. The summed E-state index contributed by atoms with van der Waals surface area (Å²) in [6.07, 6.45) is 0. The fraction of sp³-hybridized carbons (Fsp3) is 0.417. The van der Waals surface area contributed by atoms with E-state index in [0.717, 1.165) is 35.8 Å². The molecule has 1 aromatic carbocycles. The lowest BCUT2D eigenvalue weighted by molar-refractivity contribution is -0.830. The van der Waals surface area contributed by atoms with Gasteiger partial charge in [0, 0.05) is 31.1 Å². The Morgan fingerprint density at radius 2 is 2.45 bits per heavy atom. The molecule has 1 aliphatic heterocycles. The number of quaternary nitrogens is 1. The van der Waals surface area contributed by atoms with Crippen molar-refractivity contribution in [3.8, 4) is 0 Å². The zero-order chi connectivity index (χ0) is 13.9. The molecule has 0 radical (unpaired) electrons. The van der Waals surface area contributed by atoms with Crippen molar-refractivity contribution in [1.82, 2.24) is 20.3 Å². The predicted octanol–water partition coefficient (Wildman–Crippen LogP) is -1.43. The Balaban J connectivity index is 1.91. The number of hydrogen-bond acceptors (Lipinski definition) is 6. The Morgan fingerprint density at radius 1 is 1.55 bits per heavy atom. The van der Waals surface area contributed by atoms with Gasteiger partial charge in [0.2, 0.25) is 5.96 Å². The standard InChI is InChI=1S/C12H17N7O/c1-20-17-9-2-3-11-10(4-9)16-18-19(11)12-14-6-8(5-13)7-15-12/h2-4,8,17H,5-7,13H2,1H3,(H,14,15)/p+1. The number of nitrogens with two attached hydrogens (primary N) is 2. The molecule has 0 aliphatic carbocycles. The highest BCUT2D eigenvalue weighted by Gasteiger charge is 2.17. The molecule has 3 rings (SSSR count). The first-order chi connectivity index (χ1) is 9.81. The first-order valence-electron chi connectivity index (χ1n) is 6.52. The lowest BCUT2D eigenvalue weighted by Gasteiger charge is -2.21. The number of hydrogen-bond donors (Lipinski definition) is 3. The summed E-state index contributed by atoms with van der Waals surface area (Å²) in [5.41, 5.74) is 9.98. The Kier molecular flexibility index (Phi) is 3.59. The molecule has 0 spiro atoms. The molecule has 0 saturated carbocycles. The first-order valence-corrected chi connectivity index (χ1v) is 6.52. The van der Waals surface area contributed by atoms with Gasteiger partial charge in [0.05, 0.1) is 12.6 Å². The van der Waals surface area contributed by atoms with E-state index in [1.807, 2.05) is 18.2 Å². The van der Waals surface area contributed by atoms with Gasteiger partial charge in [-0.15, -0.1) is 5.10 Å². The maximum atomic E-state index is 5.64. The van der Waals surface area contributed by atoms with Gasteiger partial charge in [-0.2, -0.15) is 10.2 Å². The molecule has 1 unspecified atom stereocenters. The molecule has 1 aliphatic rings. The van der Waals surface area contributed by atoms with E-state index in [2.05, 4.69) is 20.6 Å². The van der Waals surface area contributed by atoms with Crippen LogP contribution in [0.3, 0.4) is 0 Å². The van der Waals surface area contributed by atoms with Gasteiger partial charge in [-0.05, 0) is 12.6 Å². The van der Waals surface area contributed by atoms with Crippen LogP contribution in [0.15, 0.2) is 23.2 Å². The van der Waals surface area contributed by atoms with Crippen LogP contribution in [-0.4, -0.2) is 47.7 Å². The molecule has 0 bridgehead atoms. The maximum absolute atomic E-state index is 5.64. The molecule has 1 aromatic heterocycles. The van der Waals surface area contributed by atoms with Crippen LogP contribution < -0.4 is 16.5 Å². The zero-order valence-electron chi connectivity index (χ0n) is 11.3. The third kappa shape index (κ3) is 2.36. The second-order valence-corrected chi connectivity index (χ2v) is 4.75. The van der Waals surface area contributed by atoms with Crippen molar-refractivity contribution in [3.63, 3.8) is 0 Å². The highest BCUT2D eigenvalue weighted by molar-refractivity contribution is 5.91. The maximum Gasteiger partial charge on any atom is 0.221 e. The van der Waals surface area contributed by atoms with E-state index in [-0.39, 0.29) is 0 Å². The lowest BCUT2D eigenvalue weighted by atomic mass is 10.1. The topological polar surface area (TPSA) is 107 Å². The van der Waals surface area contributed by atoms with Crippen molar-refractivity contribution in [3.05, 3.63) is 18.2 Å². The van der Waals surface area contributed by atoms with Crippen LogP contribution >= 0.6 is 0 Å². The van der Waals surface area contributed by atoms with Crippen LogP contribution in [0.25, 0.3) is 11.0 Å². The number of fused-ring (bicyclic) bond motifs is 1. The minimum Gasteiger partial charge on any atom is -0.354 e. The van der Waals surface area contributed by atoms with Crippen molar-refractivity contribution in [2.75, 3.05) is 26.7 Å². The van der Waals surface area contributed by atoms with E-state index in [4.69, 9.17) is 10.6 Å². The van der Waals surface area contributed by atoms with Crippen molar-refractivity contribution in [1.29, 1.82) is 0 Å².